The zero-order valence-corrected chi connectivity index (χ0v) is 27.6. The van der Waals surface area contributed by atoms with E-state index in [-0.39, 0.29) is 36.6 Å². The average molecular weight is 640 g/mol. The molecule has 0 bridgehead atoms. The van der Waals surface area contributed by atoms with Crippen molar-refractivity contribution in [2.75, 3.05) is 47.3 Å². The number of carbonyl (C=O) groups excluding carboxylic acids is 4. The van der Waals surface area contributed by atoms with Crippen molar-refractivity contribution in [2.24, 2.45) is 17.8 Å². The molecule has 5 atom stereocenters. The first-order valence-electron chi connectivity index (χ1n) is 15.9. The molecule has 46 heavy (non-hydrogen) atoms. The van der Waals surface area contributed by atoms with Gasteiger partial charge in [-0.05, 0) is 62.4 Å². The molecule has 1 aliphatic carbocycles. The number of fused-ring (bicyclic) bond motifs is 1. The molecule has 0 unspecified atom stereocenters. The number of benzene rings is 1. The van der Waals surface area contributed by atoms with Crippen LogP contribution in [0.5, 0.6) is 0 Å². The monoisotopic (exact) mass is 639 g/mol. The molecule has 2 amide bonds. The highest BCUT2D eigenvalue weighted by Crippen LogP contribution is 2.30. The Kier molecular flexibility index (Phi) is 11.5. The van der Waals surface area contributed by atoms with Gasteiger partial charge < -0.3 is 24.5 Å². The van der Waals surface area contributed by atoms with Crippen LogP contribution in [0.15, 0.2) is 36.1 Å². The number of amides is 2. The molecule has 1 fully saturated rings. The molecule has 2 heterocycles. The lowest BCUT2D eigenvalue weighted by Gasteiger charge is -2.33. The first kappa shape index (κ1) is 35.0. The predicted octanol–water partition coefficient (Wildman–Crippen LogP) is 3.55. The van der Waals surface area contributed by atoms with Crippen molar-refractivity contribution in [3.8, 4) is 0 Å². The largest absolute Gasteiger partial charge is 0.442 e. The summed E-state index contributed by atoms with van der Waals surface area (Å²) in [5, 5.41) is 15.1. The average Bonchev–Trinajstić information content (AvgIpc) is 3.40. The van der Waals surface area contributed by atoms with Crippen molar-refractivity contribution in [3.05, 3.63) is 47.4 Å². The fraction of sp³-hybridized carbons (Fsp3) is 0.559. The van der Waals surface area contributed by atoms with Crippen molar-refractivity contribution in [2.45, 2.75) is 58.8 Å². The molecule has 250 valence electrons. The van der Waals surface area contributed by atoms with Crippen LogP contribution in [0.25, 0.3) is 17.0 Å². The van der Waals surface area contributed by atoms with Gasteiger partial charge in [0.1, 0.15) is 18.5 Å². The molecule has 11 nitrogen and oxygen atoms in total. The quantitative estimate of drug-likeness (QED) is 0.389. The molecule has 0 radical (unpaired) electrons. The number of carbonyl (C=O) groups is 4. The van der Waals surface area contributed by atoms with E-state index in [0.29, 0.717) is 36.2 Å². The molecule has 0 spiro atoms. The second-order valence-corrected chi connectivity index (χ2v) is 13.0. The lowest BCUT2D eigenvalue weighted by atomic mass is 9.79. The molecule has 2 aromatic rings. The third-order valence-electron chi connectivity index (χ3n) is 9.03. The van der Waals surface area contributed by atoms with Crippen LogP contribution in [0, 0.1) is 23.6 Å². The van der Waals surface area contributed by atoms with E-state index in [4.69, 9.17) is 4.74 Å². The number of likely N-dealkylation sites (N-methyl/N-ethyl adjacent to an activating group) is 2. The Morgan fingerprint density at radius 2 is 1.80 bits per heavy atom. The Balaban J connectivity index is 1.65. The fourth-order valence-electron chi connectivity index (χ4n) is 5.98. The Morgan fingerprint density at radius 1 is 1.11 bits per heavy atom. The van der Waals surface area contributed by atoms with Crippen LogP contribution in [-0.4, -0.2) is 113 Å². The Labute approximate surface area is 269 Å². The molecular formula is C34H46FN5O6. The minimum atomic E-state index is -1.02. The minimum Gasteiger partial charge on any atom is -0.442 e. The van der Waals surface area contributed by atoms with Crippen molar-refractivity contribution >= 4 is 40.5 Å². The van der Waals surface area contributed by atoms with Gasteiger partial charge in [-0.3, -0.25) is 19.1 Å². The second kappa shape index (κ2) is 15.1. The lowest BCUT2D eigenvalue weighted by molar-refractivity contribution is -0.140. The van der Waals surface area contributed by atoms with Gasteiger partial charge in [-0.1, -0.05) is 31.6 Å². The van der Waals surface area contributed by atoms with Crippen molar-refractivity contribution < 1.29 is 33.4 Å². The number of aromatic nitrogens is 2. The second-order valence-electron chi connectivity index (χ2n) is 13.0. The number of ketones is 2. The van der Waals surface area contributed by atoms with Crippen LogP contribution in [0.4, 0.5) is 9.18 Å². The van der Waals surface area contributed by atoms with E-state index in [1.54, 1.807) is 50.2 Å². The normalized spacial score (nSPS) is 26.4. The maximum Gasteiger partial charge on any atom is 0.410 e. The number of rotatable bonds is 5. The number of hydrogen-bond acceptors (Lipinski definition) is 8. The number of hydrogen-bond donors (Lipinski definition) is 1. The SMILES string of the molecule is C/C(=C\c1cc(F)c2cnn(CC(=O)N(C)C)c2c1)[C@H]1C(=O)C(=O)C[C@H](O)CC[C@H](C)[C@@H](OC(=O)N2CCN(C)CC2)/C=C/[C@@H]1C. The number of piperazine rings is 1. The molecular weight excluding hydrogens is 593 g/mol. The van der Waals surface area contributed by atoms with E-state index in [9.17, 15) is 24.3 Å². The summed E-state index contributed by atoms with van der Waals surface area (Å²) in [6.45, 7) is 8.03. The van der Waals surface area contributed by atoms with Gasteiger partial charge in [-0.2, -0.15) is 5.10 Å². The van der Waals surface area contributed by atoms with Crippen LogP contribution in [0.3, 0.4) is 0 Å². The van der Waals surface area contributed by atoms with E-state index in [2.05, 4.69) is 10.00 Å². The van der Waals surface area contributed by atoms with Gasteiger partial charge in [0.05, 0.1) is 29.1 Å². The van der Waals surface area contributed by atoms with E-state index in [0.717, 1.165) is 13.1 Å². The third-order valence-corrected chi connectivity index (χ3v) is 9.03. The smallest absolute Gasteiger partial charge is 0.410 e. The Hall–Kier alpha value is -3.90. The highest BCUT2D eigenvalue weighted by Gasteiger charge is 2.33. The number of aliphatic hydroxyl groups excluding tert-OH is 1. The van der Waals surface area contributed by atoms with E-state index in [1.165, 1.54) is 21.8 Å². The predicted molar refractivity (Wildman–Crippen MR) is 172 cm³/mol. The third kappa shape index (κ3) is 8.47. The first-order chi connectivity index (χ1) is 21.7. The number of allylic oxidation sites excluding steroid dienone is 2. The summed E-state index contributed by atoms with van der Waals surface area (Å²) in [6.07, 6.45) is 5.05. The molecule has 12 heteroatoms. The van der Waals surface area contributed by atoms with Gasteiger partial charge in [-0.15, -0.1) is 0 Å². The number of nitrogens with zero attached hydrogens (tertiary/aromatic N) is 5. The molecule has 1 aromatic carbocycles. The van der Waals surface area contributed by atoms with Gasteiger partial charge in [0.25, 0.3) is 0 Å². The zero-order chi connectivity index (χ0) is 33.7. The van der Waals surface area contributed by atoms with Gasteiger partial charge >= 0.3 is 6.09 Å². The van der Waals surface area contributed by atoms with Crippen LogP contribution < -0.4 is 0 Å². The van der Waals surface area contributed by atoms with Gasteiger partial charge in [0.15, 0.2) is 0 Å². The van der Waals surface area contributed by atoms with Crippen LogP contribution in [0.1, 0.15) is 45.6 Å². The Bertz CT molecular complexity index is 1510. The topological polar surface area (TPSA) is 125 Å². The molecule has 1 aromatic heterocycles. The van der Waals surface area contributed by atoms with Crippen molar-refractivity contribution in [1.29, 1.82) is 0 Å². The summed E-state index contributed by atoms with van der Waals surface area (Å²) in [5.74, 6) is -3.59. The van der Waals surface area contributed by atoms with Crippen LogP contribution in [-0.2, 0) is 25.7 Å². The van der Waals surface area contributed by atoms with Crippen LogP contribution in [0.2, 0.25) is 0 Å². The molecule has 2 aliphatic rings. The summed E-state index contributed by atoms with van der Waals surface area (Å²) in [7, 11) is 5.26. The number of Topliss-reactive ketones (excluding diaryl/α,β-unsaturated/α-hetero) is 2. The highest BCUT2D eigenvalue weighted by atomic mass is 19.1. The maximum atomic E-state index is 15.2. The Morgan fingerprint density at radius 3 is 2.48 bits per heavy atom. The molecule has 1 saturated heterocycles. The van der Waals surface area contributed by atoms with Crippen LogP contribution >= 0.6 is 0 Å². The summed E-state index contributed by atoms with van der Waals surface area (Å²) < 4.78 is 22.5. The van der Waals surface area contributed by atoms with Gasteiger partial charge in [0, 0.05) is 46.7 Å². The first-order valence-corrected chi connectivity index (χ1v) is 15.9. The fourth-order valence-corrected chi connectivity index (χ4v) is 5.98. The number of aliphatic hydroxyl groups is 1. The van der Waals surface area contributed by atoms with Crippen molar-refractivity contribution in [3.63, 3.8) is 0 Å². The summed E-state index contributed by atoms with van der Waals surface area (Å²) in [6, 6.07) is 3.02. The zero-order valence-electron chi connectivity index (χ0n) is 27.6. The molecule has 4 rings (SSSR count). The number of halogens is 1. The minimum absolute atomic E-state index is 0.0686. The summed E-state index contributed by atoms with van der Waals surface area (Å²) in [4.78, 5) is 57.4. The molecule has 0 saturated carbocycles. The lowest BCUT2D eigenvalue weighted by Crippen LogP contribution is -2.48. The van der Waals surface area contributed by atoms with Gasteiger partial charge in [0.2, 0.25) is 17.5 Å². The summed E-state index contributed by atoms with van der Waals surface area (Å²) >= 11 is 0. The number of ether oxygens (including phenoxy) is 1. The van der Waals surface area contributed by atoms with Crippen molar-refractivity contribution in [1.82, 2.24) is 24.5 Å². The standard InChI is InChI=1S/C34H46FN5O6/c1-21-7-9-25(41)18-29(42)33(44)32(22(2)8-10-30(21)46-34(45)39-13-11-38(6)12-14-39)23(3)15-24-16-27(35)26-19-36-40(28(26)17-24)20-31(43)37(4)5/h8,10,15-17,19,21-22,25,30,32,41H,7,9,11-14,18,20H2,1-6H3/b10-8+,23-15+/t21-,22-,25+,30-,32-/m0/s1. The van der Waals surface area contributed by atoms with E-state index < -0.39 is 47.5 Å². The van der Waals surface area contributed by atoms with E-state index in [1.807, 2.05) is 20.9 Å². The summed E-state index contributed by atoms with van der Waals surface area (Å²) in [5.41, 5.74) is 1.39. The molecule has 1 aliphatic heterocycles. The molecule has 1 N–H and O–H groups in total. The van der Waals surface area contributed by atoms with Gasteiger partial charge in [-0.25, -0.2) is 9.18 Å². The van der Waals surface area contributed by atoms with E-state index >= 15 is 4.39 Å². The maximum absolute atomic E-state index is 15.2. The highest BCUT2D eigenvalue weighted by molar-refractivity contribution is 6.38.